The average molecular weight is 196 g/mol. The van der Waals surface area contributed by atoms with Gasteiger partial charge in [-0.25, -0.2) is 0 Å². The fourth-order valence-electron chi connectivity index (χ4n) is 2.32. The summed E-state index contributed by atoms with van der Waals surface area (Å²) in [6.45, 7) is 7.01. The van der Waals surface area contributed by atoms with E-state index in [2.05, 4.69) is 24.1 Å². The monoisotopic (exact) mass is 196 g/mol. The van der Waals surface area contributed by atoms with Gasteiger partial charge in [0, 0.05) is 31.1 Å². The second-order valence-corrected chi connectivity index (χ2v) is 4.74. The van der Waals surface area contributed by atoms with E-state index >= 15 is 0 Å². The minimum absolute atomic E-state index is 0.0526. The Hall–Kier alpha value is -0.570. The highest BCUT2D eigenvalue weighted by atomic mass is 16.2. The van der Waals surface area contributed by atoms with Crippen molar-refractivity contribution in [3.05, 3.63) is 0 Å². The van der Waals surface area contributed by atoms with Crippen LogP contribution in [0.5, 0.6) is 0 Å². The minimum Gasteiger partial charge on any atom is -0.339 e. The van der Waals surface area contributed by atoms with Gasteiger partial charge in [0.15, 0.2) is 0 Å². The molecule has 1 aliphatic carbocycles. The molecule has 1 atom stereocenters. The molecule has 2 rings (SSSR count). The molecule has 0 spiro atoms. The van der Waals surface area contributed by atoms with Crippen LogP contribution >= 0.6 is 0 Å². The number of carbonyl (C=O) groups is 1. The molecular formula is C11H20N2O. The maximum absolute atomic E-state index is 12.2. The first-order valence-corrected chi connectivity index (χ1v) is 5.71. The lowest BCUT2D eigenvalue weighted by Gasteiger charge is -2.34. The van der Waals surface area contributed by atoms with Crippen molar-refractivity contribution < 1.29 is 4.79 Å². The van der Waals surface area contributed by atoms with E-state index in [1.165, 1.54) is 0 Å². The van der Waals surface area contributed by atoms with Crippen LogP contribution in [0.25, 0.3) is 0 Å². The molecule has 1 amide bonds. The number of amides is 1. The molecule has 2 aliphatic rings. The summed E-state index contributed by atoms with van der Waals surface area (Å²) in [5, 5.41) is 3.36. The number of hydrogen-bond donors (Lipinski definition) is 1. The third-order valence-electron chi connectivity index (χ3n) is 3.64. The molecule has 1 aliphatic heterocycles. The molecule has 3 nitrogen and oxygen atoms in total. The second-order valence-electron chi connectivity index (χ2n) is 4.74. The first kappa shape index (κ1) is 9.97. The Balaban J connectivity index is 1.97. The third kappa shape index (κ3) is 1.65. The Kier molecular flexibility index (Phi) is 2.52. The zero-order chi connectivity index (χ0) is 10.2. The van der Waals surface area contributed by atoms with E-state index in [0.717, 1.165) is 38.9 Å². The molecule has 14 heavy (non-hydrogen) atoms. The van der Waals surface area contributed by atoms with Gasteiger partial charge in [-0.2, -0.15) is 0 Å². The topological polar surface area (TPSA) is 32.3 Å². The molecule has 1 saturated carbocycles. The van der Waals surface area contributed by atoms with Crippen LogP contribution in [0.4, 0.5) is 0 Å². The summed E-state index contributed by atoms with van der Waals surface area (Å²) in [5.74, 6) is 0.411. The van der Waals surface area contributed by atoms with Crippen molar-refractivity contribution in [2.45, 2.75) is 39.2 Å². The van der Waals surface area contributed by atoms with Crippen molar-refractivity contribution in [3.8, 4) is 0 Å². The largest absolute Gasteiger partial charge is 0.339 e. The normalized spacial score (nSPS) is 30.1. The van der Waals surface area contributed by atoms with E-state index in [0.29, 0.717) is 11.9 Å². The van der Waals surface area contributed by atoms with Crippen molar-refractivity contribution in [3.63, 3.8) is 0 Å². The van der Waals surface area contributed by atoms with E-state index in [-0.39, 0.29) is 5.41 Å². The van der Waals surface area contributed by atoms with Gasteiger partial charge < -0.3 is 10.2 Å². The standard InChI is InChI=1S/C11H20N2O/c1-3-11(4-5-11)10(14)13-7-6-12-9(2)8-13/h9,12H,3-8H2,1-2H3/t9-/m1/s1. The van der Waals surface area contributed by atoms with Gasteiger partial charge in [-0.1, -0.05) is 6.92 Å². The highest BCUT2D eigenvalue weighted by molar-refractivity contribution is 5.85. The van der Waals surface area contributed by atoms with E-state index in [1.807, 2.05) is 0 Å². The molecular weight excluding hydrogens is 176 g/mol. The Morgan fingerprint density at radius 1 is 1.57 bits per heavy atom. The lowest BCUT2D eigenvalue weighted by Crippen LogP contribution is -2.53. The van der Waals surface area contributed by atoms with Crippen LogP contribution in [0.1, 0.15) is 33.1 Å². The molecule has 1 heterocycles. The summed E-state index contributed by atoms with van der Waals surface area (Å²) < 4.78 is 0. The predicted molar refractivity (Wildman–Crippen MR) is 56.0 cm³/mol. The van der Waals surface area contributed by atoms with Gasteiger partial charge in [-0.05, 0) is 26.2 Å². The molecule has 2 fully saturated rings. The number of rotatable bonds is 2. The van der Waals surface area contributed by atoms with Crippen molar-refractivity contribution in [1.82, 2.24) is 10.2 Å². The number of nitrogens with zero attached hydrogens (tertiary/aromatic N) is 1. The Morgan fingerprint density at radius 3 is 2.79 bits per heavy atom. The minimum atomic E-state index is 0.0526. The van der Waals surface area contributed by atoms with E-state index in [4.69, 9.17) is 0 Å². The number of hydrogen-bond acceptors (Lipinski definition) is 2. The highest BCUT2D eigenvalue weighted by Gasteiger charge is 2.50. The summed E-state index contributed by atoms with van der Waals surface area (Å²) in [6, 6.07) is 0.459. The van der Waals surface area contributed by atoms with Crippen LogP contribution in [0, 0.1) is 5.41 Å². The Labute approximate surface area is 85.8 Å². The molecule has 80 valence electrons. The Morgan fingerprint density at radius 2 is 2.29 bits per heavy atom. The fourth-order valence-corrected chi connectivity index (χ4v) is 2.32. The maximum atomic E-state index is 12.2. The van der Waals surface area contributed by atoms with Crippen LogP contribution in [0.15, 0.2) is 0 Å². The van der Waals surface area contributed by atoms with E-state index in [1.54, 1.807) is 0 Å². The molecule has 0 unspecified atom stereocenters. The molecule has 0 aromatic carbocycles. The van der Waals surface area contributed by atoms with Crippen LogP contribution in [0.3, 0.4) is 0 Å². The first-order valence-electron chi connectivity index (χ1n) is 5.71. The number of piperazine rings is 1. The smallest absolute Gasteiger partial charge is 0.228 e. The highest BCUT2D eigenvalue weighted by Crippen LogP contribution is 2.50. The number of carbonyl (C=O) groups excluding carboxylic acids is 1. The molecule has 0 aromatic rings. The summed E-state index contributed by atoms with van der Waals surface area (Å²) in [5.41, 5.74) is 0.0526. The van der Waals surface area contributed by atoms with E-state index < -0.39 is 0 Å². The molecule has 0 bridgehead atoms. The summed E-state index contributed by atoms with van der Waals surface area (Å²) in [4.78, 5) is 14.2. The lowest BCUT2D eigenvalue weighted by atomic mass is 10.0. The van der Waals surface area contributed by atoms with Crippen LogP contribution < -0.4 is 5.32 Å². The summed E-state index contributed by atoms with van der Waals surface area (Å²) in [7, 11) is 0. The maximum Gasteiger partial charge on any atom is 0.228 e. The zero-order valence-corrected chi connectivity index (χ0v) is 9.18. The molecule has 3 heteroatoms. The van der Waals surface area contributed by atoms with E-state index in [9.17, 15) is 4.79 Å². The van der Waals surface area contributed by atoms with Crippen molar-refractivity contribution >= 4 is 5.91 Å². The van der Waals surface area contributed by atoms with Gasteiger partial charge in [-0.15, -0.1) is 0 Å². The summed E-state index contributed by atoms with van der Waals surface area (Å²) in [6.07, 6.45) is 3.24. The van der Waals surface area contributed by atoms with Crippen molar-refractivity contribution in [2.24, 2.45) is 5.41 Å². The molecule has 0 aromatic heterocycles. The third-order valence-corrected chi connectivity index (χ3v) is 3.64. The zero-order valence-electron chi connectivity index (χ0n) is 9.18. The van der Waals surface area contributed by atoms with Crippen LogP contribution in [-0.2, 0) is 4.79 Å². The van der Waals surface area contributed by atoms with Gasteiger partial charge >= 0.3 is 0 Å². The summed E-state index contributed by atoms with van der Waals surface area (Å²) >= 11 is 0. The predicted octanol–water partition coefficient (Wildman–Crippen LogP) is 0.997. The molecule has 0 radical (unpaired) electrons. The van der Waals surface area contributed by atoms with Gasteiger partial charge in [-0.3, -0.25) is 4.79 Å². The molecule has 1 saturated heterocycles. The van der Waals surface area contributed by atoms with Crippen LogP contribution in [0.2, 0.25) is 0 Å². The Bertz CT molecular complexity index is 235. The SMILES string of the molecule is CCC1(C(=O)N2CCN[C@H](C)C2)CC1. The van der Waals surface area contributed by atoms with Gasteiger partial charge in [0.25, 0.3) is 0 Å². The fraction of sp³-hybridized carbons (Fsp3) is 0.909. The second kappa shape index (κ2) is 3.54. The first-order chi connectivity index (χ1) is 6.68. The van der Waals surface area contributed by atoms with Gasteiger partial charge in [0.05, 0.1) is 0 Å². The average Bonchev–Trinajstić information content (AvgIpc) is 2.97. The van der Waals surface area contributed by atoms with Crippen molar-refractivity contribution in [2.75, 3.05) is 19.6 Å². The van der Waals surface area contributed by atoms with Gasteiger partial charge in [0.2, 0.25) is 5.91 Å². The molecule has 1 N–H and O–H groups in total. The van der Waals surface area contributed by atoms with Gasteiger partial charge in [0.1, 0.15) is 0 Å². The van der Waals surface area contributed by atoms with Crippen LogP contribution in [-0.4, -0.2) is 36.5 Å². The quantitative estimate of drug-likeness (QED) is 0.714. The lowest BCUT2D eigenvalue weighted by molar-refractivity contribution is -0.138. The van der Waals surface area contributed by atoms with Crippen molar-refractivity contribution in [1.29, 1.82) is 0 Å². The number of nitrogens with one attached hydrogen (secondary N) is 1.